The molecule has 1 aliphatic heterocycles. The lowest BCUT2D eigenvalue weighted by Gasteiger charge is -2.29. The third kappa shape index (κ3) is 7.54. The molecule has 0 aliphatic carbocycles. The van der Waals surface area contributed by atoms with Crippen LogP contribution in [0.5, 0.6) is 0 Å². The Bertz CT molecular complexity index is 643. The summed E-state index contributed by atoms with van der Waals surface area (Å²) in [6.45, 7) is 1.77. The van der Waals surface area contributed by atoms with Crippen molar-refractivity contribution >= 4 is 41.4 Å². The van der Waals surface area contributed by atoms with Crippen LogP contribution in [0.4, 0.5) is 0 Å². The molecular formula is C17H28N4O7S. The standard InChI is InChI=1S/C17H28N4O7S/c1-9(18)14(24)19-10(5-7-29-2)16(26)21-6-3-4-12(21)15(25)20-11(17(27)28)8-13(22)23/h9-12H,3-8,18H2,1-2H3,(H,19,24)(H,20,25)(H,22,23)(H,27,28). The molecule has 4 atom stereocenters. The van der Waals surface area contributed by atoms with E-state index in [-0.39, 0.29) is 6.54 Å². The number of hydrogen-bond acceptors (Lipinski definition) is 7. The van der Waals surface area contributed by atoms with Crippen LogP contribution in [0, 0.1) is 0 Å². The number of rotatable bonds is 11. The molecule has 6 N–H and O–H groups in total. The van der Waals surface area contributed by atoms with Crippen LogP contribution in [-0.4, -0.2) is 87.5 Å². The number of nitrogens with one attached hydrogen (secondary N) is 2. The molecule has 0 bridgehead atoms. The number of carbonyl (C=O) groups excluding carboxylic acids is 3. The summed E-state index contributed by atoms with van der Waals surface area (Å²) in [4.78, 5) is 60.8. The number of carbonyl (C=O) groups is 5. The SMILES string of the molecule is CSCCC(NC(=O)C(C)N)C(=O)N1CCCC1C(=O)NC(CC(=O)O)C(=O)O. The van der Waals surface area contributed by atoms with Gasteiger partial charge in [-0.3, -0.25) is 19.2 Å². The maximum atomic E-state index is 13.0. The smallest absolute Gasteiger partial charge is 0.326 e. The summed E-state index contributed by atoms with van der Waals surface area (Å²) < 4.78 is 0. The van der Waals surface area contributed by atoms with Gasteiger partial charge in [-0.15, -0.1) is 0 Å². The minimum absolute atomic E-state index is 0.275. The van der Waals surface area contributed by atoms with Crippen LogP contribution >= 0.6 is 11.8 Å². The molecule has 0 spiro atoms. The van der Waals surface area contributed by atoms with E-state index < -0.39 is 60.2 Å². The van der Waals surface area contributed by atoms with Gasteiger partial charge in [0, 0.05) is 6.54 Å². The zero-order chi connectivity index (χ0) is 22.1. The van der Waals surface area contributed by atoms with E-state index in [1.165, 1.54) is 23.6 Å². The van der Waals surface area contributed by atoms with Crippen molar-refractivity contribution in [3.63, 3.8) is 0 Å². The van der Waals surface area contributed by atoms with Gasteiger partial charge >= 0.3 is 11.9 Å². The predicted molar refractivity (Wildman–Crippen MR) is 105 cm³/mol. The van der Waals surface area contributed by atoms with Crippen LogP contribution in [0.2, 0.25) is 0 Å². The lowest BCUT2D eigenvalue weighted by molar-refractivity contribution is -0.148. The van der Waals surface area contributed by atoms with Gasteiger partial charge in [-0.2, -0.15) is 11.8 Å². The van der Waals surface area contributed by atoms with Crippen LogP contribution in [0.1, 0.15) is 32.6 Å². The fraction of sp³-hybridized carbons (Fsp3) is 0.706. The molecule has 1 fully saturated rings. The van der Waals surface area contributed by atoms with Crippen molar-refractivity contribution < 1.29 is 34.2 Å². The Morgan fingerprint density at radius 1 is 1.17 bits per heavy atom. The van der Waals surface area contributed by atoms with Crippen LogP contribution in [0.25, 0.3) is 0 Å². The van der Waals surface area contributed by atoms with E-state index in [0.29, 0.717) is 25.0 Å². The molecule has 29 heavy (non-hydrogen) atoms. The predicted octanol–water partition coefficient (Wildman–Crippen LogP) is -1.39. The molecule has 1 aliphatic rings. The van der Waals surface area contributed by atoms with Crippen molar-refractivity contribution in [2.45, 2.75) is 56.8 Å². The highest BCUT2D eigenvalue weighted by Gasteiger charge is 2.39. The number of carboxylic acid groups (broad SMARTS) is 2. The maximum absolute atomic E-state index is 13.0. The van der Waals surface area contributed by atoms with E-state index >= 15 is 0 Å². The first-order valence-electron chi connectivity index (χ1n) is 9.18. The van der Waals surface area contributed by atoms with Gasteiger partial charge in [-0.25, -0.2) is 4.79 Å². The number of aliphatic carboxylic acids is 2. The Kier molecular flexibility index (Phi) is 9.89. The van der Waals surface area contributed by atoms with Crippen LogP contribution in [0.3, 0.4) is 0 Å². The number of thioether (sulfide) groups is 1. The van der Waals surface area contributed by atoms with Gasteiger partial charge in [0.2, 0.25) is 17.7 Å². The molecule has 3 amide bonds. The van der Waals surface area contributed by atoms with Crippen molar-refractivity contribution in [3.8, 4) is 0 Å². The summed E-state index contributed by atoms with van der Waals surface area (Å²) >= 11 is 1.50. The van der Waals surface area contributed by atoms with Crippen LogP contribution in [-0.2, 0) is 24.0 Å². The van der Waals surface area contributed by atoms with Crippen LogP contribution in [0.15, 0.2) is 0 Å². The summed E-state index contributed by atoms with van der Waals surface area (Å²) in [5.74, 6) is -3.91. The normalized spacial score (nSPS) is 19.1. The molecule has 0 aromatic rings. The second kappa shape index (κ2) is 11.6. The number of likely N-dealkylation sites (tertiary alicyclic amines) is 1. The van der Waals surface area contributed by atoms with Gasteiger partial charge in [-0.1, -0.05) is 0 Å². The Balaban J connectivity index is 2.91. The van der Waals surface area contributed by atoms with E-state index in [1.807, 2.05) is 6.26 Å². The molecular weight excluding hydrogens is 404 g/mol. The number of amides is 3. The molecule has 12 heteroatoms. The van der Waals surface area contributed by atoms with E-state index in [2.05, 4.69) is 10.6 Å². The highest BCUT2D eigenvalue weighted by Crippen LogP contribution is 2.20. The summed E-state index contributed by atoms with van der Waals surface area (Å²) in [6.07, 6.45) is 2.27. The van der Waals surface area contributed by atoms with E-state index in [9.17, 15) is 24.0 Å². The molecule has 11 nitrogen and oxygen atoms in total. The van der Waals surface area contributed by atoms with Crippen molar-refractivity contribution in [3.05, 3.63) is 0 Å². The fourth-order valence-corrected chi connectivity index (χ4v) is 3.41. The zero-order valence-corrected chi connectivity index (χ0v) is 17.2. The summed E-state index contributed by atoms with van der Waals surface area (Å²) in [5.41, 5.74) is 5.56. The third-order valence-corrected chi connectivity index (χ3v) is 5.11. The fourth-order valence-electron chi connectivity index (χ4n) is 2.94. The number of hydrogen-bond donors (Lipinski definition) is 5. The van der Waals surface area contributed by atoms with E-state index in [0.717, 1.165) is 0 Å². The topological polar surface area (TPSA) is 179 Å². The third-order valence-electron chi connectivity index (χ3n) is 4.47. The maximum Gasteiger partial charge on any atom is 0.326 e. The van der Waals surface area contributed by atoms with Crippen molar-refractivity contribution in [2.24, 2.45) is 5.73 Å². The summed E-state index contributed by atoms with van der Waals surface area (Å²) in [5, 5.41) is 22.7. The minimum Gasteiger partial charge on any atom is -0.481 e. The van der Waals surface area contributed by atoms with Crippen LogP contribution < -0.4 is 16.4 Å². The lowest BCUT2D eigenvalue weighted by Crippen LogP contribution is -2.56. The van der Waals surface area contributed by atoms with Crippen molar-refractivity contribution in [2.75, 3.05) is 18.6 Å². The Hall–Kier alpha value is -2.34. The highest BCUT2D eigenvalue weighted by molar-refractivity contribution is 7.98. The number of nitrogens with two attached hydrogens (primary N) is 1. The van der Waals surface area contributed by atoms with Gasteiger partial charge in [0.15, 0.2) is 0 Å². The number of carboxylic acids is 2. The lowest BCUT2D eigenvalue weighted by atomic mass is 10.1. The molecule has 0 aromatic carbocycles. The Morgan fingerprint density at radius 2 is 1.83 bits per heavy atom. The van der Waals surface area contributed by atoms with Crippen molar-refractivity contribution in [1.82, 2.24) is 15.5 Å². The Morgan fingerprint density at radius 3 is 2.34 bits per heavy atom. The second-order valence-electron chi connectivity index (χ2n) is 6.82. The van der Waals surface area contributed by atoms with Gasteiger partial charge in [0.1, 0.15) is 18.1 Å². The quantitative estimate of drug-likeness (QED) is 0.263. The summed E-state index contributed by atoms with van der Waals surface area (Å²) in [7, 11) is 0. The Labute approximate surface area is 172 Å². The summed E-state index contributed by atoms with van der Waals surface area (Å²) in [6, 6.07) is -4.18. The molecule has 0 radical (unpaired) electrons. The minimum atomic E-state index is -1.59. The molecule has 0 aromatic heterocycles. The molecule has 1 heterocycles. The molecule has 1 rings (SSSR count). The molecule has 4 unspecified atom stereocenters. The highest BCUT2D eigenvalue weighted by atomic mass is 32.2. The average Bonchev–Trinajstić information content (AvgIpc) is 3.13. The van der Waals surface area contributed by atoms with Gasteiger partial charge in [-0.05, 0) is 38.2 Å². The first-order chi connectivity index (χ1) is 13.6. The zero-order valence-electron chi connectivity index (χ0n) is 16.4. The van der Waals surface area contributed by atoms with Gasteiger partial charge in [0.05, 0.1) is 12.5 Å². The van der Waals surface area contributed by atoms with Gasteiger partial charge < -0.3 is 31.5 Å². The molecule has 0 saturated carbocycles. The first-order valence-corrected chi connectivity index (χ1v) is 10.6. The molecule has 1 saturated heterocycles. The number of nitrogens with zero attached hydrogens (tertiary/aromatic N) is 1. The van der Waals surface area contributed by atoms with Crippen molar-refractivity contribution in [1.29, 1.82) is 0 Å². The monoisotopic (exact) mass is 432 g/mol. The first kappa shape index (κ1) is 24.7. The van der Waals surface area contributed by atoms with E-state index in [1.54, 1.807) is 0 Å². The molecule has 164 valence electrons. The van der Waals surface area contributed by atoms with Gasteiger partial charge in [0.25, 0.3) is 0 Å². The largest absolute Gasteiger partial charge is 0.481 e. The van der Waals surface area contributed by atoms with E-state index in [4.69, 9.17) is 15.9 Å². The average molecular weight is 432 g/mol. The second-order valence-corrected chi connectivity index (χ2v) is 7.80.